The van der Waals surface area contributed by atoms with Gasteiger partial charge in [-0.25, -0.2) is 9.18 Å². The summed E-state index contributed by atoms with van der Waals surface area (Å²) in [6.07, 6.45) is 0.206. The Bertz CT molecular complexity index is 666. The fourth-order valence-corrected chi connectivity index (χ4v) is 2.51. The first-order valence-corrected chi connectivity index (χ1v) is 8.25. The monoisotopic (exact) mass is 414 g/mol. The molecule has 0 saturated carbocycles. The molecule has 0 saturated heterocycles. The molecule has 0 unspecified atom stereocenters. The normalized spacial score (nSPS) is 12.6. The van der Waals surface area contributed by atoms with E-state index < -0.39 is 35.7 Å². The molecule has 1 aromatic rings. The van der Waals surface area contributed by atoms with Crippen LogP contribution in [0, 0.1) is 5.82 Å². The SMILES string of the molecule is C=C(Br)C[C@@H](NC(=O)[C@@H](Cc1cccc(F)c1)NC(C)=O)C(=O)OC. The number of hydrogen-bond donors (Lipinski definition) is 2. The third-order valence-corrected chi connectivity index (χ3v) is 3.57. The molecule has 0 bridgehead atoms. The van der Waals surface area contributed by atoms with E-state index in [2.05, 4.69) is 37.9 Å². The summed E-state index contributed by atoms with van der Waals surface area (Å²) in [5, 5.41) is 5.03. The maximum absolute atomic E-state index is 13.3. The first-order valence-electron chi connectivity index (χ1n) is 7.46. The van der Waals surface area contributed by atoms with E-state index in [-0.39, 0.29) is 12.8 Å². The molecule has 6 nitrogen and oxygen atoms in total. The van der Waals surface area contributed by atoms with Crippen LogP contribution in [0.25, 0.3) is 0 Å². The Morgan fingerprint density at radius 2 is 1.96 bits per heavy atom. The van der Waals surface area contributed by atoms with Crippen LogP contribution in [-0.4, -0.2) is 37.0 Å². The molecule has 8 heteroatoms. The highest BCUT2D eigenvalue weighted by molar-refractivity contribution is 9.11. The Balaban J connectivity index is 2.92. The van der Waals surface area contributed by atoms with Gasteiger partial charge in [-0.3, -0.25) is 9.59 Å². The summed E-state index contributed by atoms with van der Waals surface area (Å²) in [6.45, 7) is 4.90. The van der Waals surface area contributed by atoms with Gasteiger partial charge in [-0.1, -0.05) is 34.6 Å². The molecule has 0 fully saturated rings. The van der Waals surface area contributed by atoms with Gasteiger partial charge in [0.1, 0.15) is 17.9 Å². The molecule has 1 aromatic carbocycles. The Morgan fingerprint density at radius 3 is 2.48 bits per heavy atom. The largest absolute Gasteiger partial charge is 0.467 e. The van der Waals surface area contributed by atoms with E-state index in [4.69, 9.17) is 0 Å². The average molecular weight is 415 g/mol. The molecule has 0 aliphatic carbocycles. The summed E-state index contributed by atoms with van der Waals surface area (Å²) in [6, 6.07) is 3.80. The molecular weight excluding hydrogens is 395 g/mol. The third-order valence-electron chi connectivity index (χ3n) is 3.25. The standard InChI is InChI=1S/C17H20BrFN2O4/c1-10(18)7-15(17(24)25-3)21-16(23)14(20-11(2)22)9-12-5-4-6-13(19)8-12/h4-6,8,14-15H,1,7,9H2,2-3H3,(H,20,22)(H,21,23)/t14-,15-/m1/s1. The van der Waals surface area contributed by atoms with Crippen molar-refractivity contribution in [1.82, 2.24) is 10.6 Å². The number of esters is 1. The number of amides is 2. The zero-order chi connectivity index (χ0) is 19.0. The smallest absolute Gasteiger partial charge is 0.328 e. The topological polar surface area (TPSA) is 84.5 Å². The van der Waals surface area contributed by atoms with Crippen LogP contribution in [0.1, 0.15) is 18.9 Å². The Labute approximate surface area is 153 Å². The number of halogens is 2. The molecule has 0 aliphatic heterocycles. The molecular formula is C17H20BrFN2O4. The number of rotatable bonds is 8. The van der Waals surface area contributed by atoms with Crippen molar-refractivity contribution < 1.29 is 23.5 Å². The van der Waals surface area contributed by atoms with Crippen LogP contribution < -0.4 is 10.6 Å². The summed E-state index contributed by atoms with van der Waals surface area (Å²) in [5.74, 6) is -2.08. The molecule has 136 valence electrons. The van der Waals surface area contributed by atoms with Crippen LogP contribution in [0.3, 0.4) is 0 Å². The van der Waals surface area contributed by atoms with Crippen molar-refractivity contribution in [2.24, 2.45) is 0 Å². The Morgan fingerprint density at radius 1 is 1.28 bits per heavy atom. The molecule has 2 amide bonds. The molecule has 0 radical (unpaired) electrons. The lowest BCUT2D eigenvalue weighted by Crippen LogP contribution is -2.52. The van der Waals surface area contributed by atoms with Gasteiger partial charge in [0.05, 0.1) is 7.11 Å². The van der Waals surface area contributed by atoms with E-state index >= 15 is 0 Å². The lowest BCUT2D eigenvalue weighted by molar-refractivity contribution is -0.145. The second-order valence-corrected chi connectivity index (χ2v) is 6.51. The molecule has 0 spiro atoms. The zero-order valence-electron chi connectivity index (χ0n) is 14.0. The maximum Gasteiger partial charge on any atom is 0.328 e. The molecule has 2 atom stereocenters. The van der Waals surface area contributed by atoms with Crippen molar-refractivity contribution in [3.8, 4) is 0 Å². The highest BCUT2D eigenvalue weighted by Gasteiger charge is 2.27. The lowest BCUT2D eigenvalue weighted by atomic mass is 10.0. The number of hydrogen-bond acceptors (Lipinski definition) is 4. The van der Waals surface area contributed by atoms with Gasteiger partial charge in [-0.05, 0) is 22.2 Å². The predicted octanol–water partition coefficient (Wildman–Crippen LogP) is 1.83. The van der Waals surface area contributed by atoms with Crippen LogP contribution in [0.15, 0.2) is 35.3 Å². The number of ether oxygens (including phenoxy) is 1. The Kier molecular flexibility index (Phi) is 8.27. The van der Waals surface area contributed by atoms with Crippen LogP contribution in [0.4, 0.5) is 4.39 Å². The maximum atomic E-state index is 13.3. The minimum Gasteiger partial charge on any atom is -0.467 e. The molecule has 25 heavy (non-hydrogen) atoms. The molecule has 0 heterocycles. The van der Waals surface area contributed by atoms with Crippen molar-refractivity contribution in [2.45, 2.75) is 31.8 Å². The second kappa shape index (κ2) is 9.93. The van der Waals surface area contributed by atoms with Gasteiger partial charge in [0.2, 0.25) is 11.8 Å². The number of benzene rings is 1. The van der Waals surface area contributed by atoms with Crippen molar-refractivity contribution in [1.29, 1.82) is 0 Å². The summed E-state index contributed by atoms with van der Waals surface area (Å²) in [7, 11) is 1.20. The van der Waals surface area contributed by atoms with Crippen molar-refractivity contribution >= 4 is 33.7 Å². The quantitative estimate of drug-likeness (QED) is 0.635. The van der Waals surface area contributed by atoms with E-state index in [1.165, 1.54) is 32.2 Å². The first-order chi connectivity index (χ1) is 11.7. The average Bonchev–Trinajstić information content (AvgIpc) is 2.52. The minimum atomic E-state index is -0.963. The van der Waals surface area contributed by atoms with Gasteiger partial charge in [-0.15, -0.1) is 0 Å². The molecule has 0 aromatic heterocycles. The third kappa shape index (κ3) is 7.47. The highest BCUT2D eigenvalue weighted by Crippen LogP contribution is 2.12. The number of methoxy groups -OCH3 is 1. The summed E-state index contributed by atoms with van der Waals surface area (Å²) in [5.41, 5.74) is 0.536. The second-order valence-electron chi connectivity index (χ2n) is 5.39. The van der Waals surface area contributed by atoms with Crippen LogP contribution in [-0.2, 0) is 25.5 Å². The number of nitrogens with one attached hydrogen (secondary N) is 2. The van der Waals surface area contributed by atoms with E-state index in [0.29, 0.717) is 10.0 Å². The lowest BCUT2D eigenvalue weighted by Gasteiger charge is -2.22. The van der Waals surface area contributed by atoms with Gasteiger partial charge in [0, 0.05) is 19.8 Å². The van der Waals surface area contributed by atoms with Gasteiger partial charge in [-0.2, -0.15) is 0 Å². The molecule has 0 aliphatic rings. The fourth-order valence-electron chi connectivity index (χ4n) is 2.18. The van der Waals surface area contributed by atoms with Crippen LogP contribution >= 0.6 is 15.9 Å². The van der Waals surface area contributed by atoms with Crippen LogP contribution in [0.5, 0.6) is 0 Å². The highest BCUT2D eigenvalue weighted by atomic mass is 79.9. The van der Waals surface area contributed by atoms with Gasteiger partial charge in [0.15, 0.2) is 0 Å². The summed E-state index contributed by atoms with van der Waals surface area (Å²) < 4.78 is 18.5. The Hall–Kier alpha value is -2.22. The number of carbonyl (C=O) groups excluding carboxylic acids is 3. The predicted molar refractivity (Wildman–Crippen MR) is 94.3 cm³/mol. The summed E-state index contributed by atoms with van der Waals surface area (Å²) >= 11 is 3.14. The fraction of sp³-hybridized carbons (Fsp3) is 0.353. The van der Waals surface area contributed by atoms with Crippen LogP contribution in [0.2, 0.25) is 0 Å². The first kappa shape index (κ1) is 20.8. The van der Waals surface area contributed by atoms with E-state index in [1.54, 1.807) is 6.07 Å². The van der Waals surface area contributed by atoms with Crippen molar-refractivity contribution in [3.63, 3.8) is 0 Å². The van der Waals surface area contributed by atoms with E-state index in [0.717, 1.165) is 0 Å². The van der Waals surface area contributed by atoms with E-state index in [1.807, 2.05) is 0 Å². The molecule has 1 rings (SSSR count). The van der Waals surface area contributed by atoms with Crippen molar-refractivity contribution in [2.75, 3.05) is 7.11 Å². The van der Waals surface area contributed by atoms with E-state index in [9.17, 15) is 18.8 Å². The number of carbonyl (C=O) groups is 3. The van der Waals surface area contributed by atoms with Gasteiger partial charge < -0.3 is 15.4 Å². The van der Waals surface area contributed by atoms with Gasteiger partial charge >= 0.3 is 5.97 Å². The summed E-state index contributed by atoms with van der Waals surface area (Å²) in [4.78, 5) is 35.7. The minimum absolute atomic E-state index is 0.0757. The molecule has 2 N–H and O–H groups in total. The zero-order valence-corrected chi connectivity index (χ0v) is 15.6. The van der Waals surface area contributed by atoms with Crippen molar-refractivity contribution in [3.05, 3.63) is 46.7 Å². The van der Waals surface area contributed by atoms with Gasteiger partial charge in [0.25, 0.3) is 0 Å².